The number of carbonyl (C=O) groups excluding carboxylic acids is 1. The van der Waals surface area contributed by atoms with Crippen LogP contribution in [0.3, 0.4) is 0 Å². The standard InChI is InChI=1S/C36H51N5O5S/c1-47(44,45)37-23-30-25-38(24-28-13-6-3-2-4-7-14-28)22-20-32(30)41-34-19-11-10-18-33(34)40(35(41)42)26-31-17-12-21-39(31)36(43)46-27-29-15-8-5-9-16-29/h5,8-11,15-16,18-19,28,30-32,37H,2-4,6-7,12-14,17,20-27H2,1H3/t30-,31-,32+/m0/s1. The SMILES string of the molecule is CS(=O)(=O)NC[C@H]1CN(CC2CCCCCCC2)CC[C@H]1n1c(=O)n(C[C@@H]2CCCN2C(=O)OCc2ccccc2)c2ccccc21. The Balaban J connectivity index is 1.22. The van der Waals surface area contributed by atoms with E-state index in [1.807, 2.05) is 63.7 Å². The van der Waals surface area contributed by atoms with Crippen LogP contribution in [0.2, 0.25) is 0 Å². The summed E-state index contributed by atoms with van der Waals surface area (Å²) in [4.78, 5) is 31.9. The molecule has 47 heavy (non-hydrogen) atoms. The molecule has 3 aromatic rings. The Hall–Kier alpha value is -3.15. The molecule has 3 heterocycles. The number of aromatic nitrogens is 2. The summed E-state index contributed by atoms with van der Waals surface area (Å²) in [5.41, 5.74) is 2.54. The summed E-state index contributed by atoms with van der Waals surface area (Å²) >= 11 is 0. The Morgan fingerprint density at radius 3 is 2.30 bits per heavy atom. The Labute approximate surface area is 279 Å². The quantitative estimate of drug-likeness (QED) is 0.312. The van der Waals surface area contributed by atoms with Crippen LogP contribution >= 0.6 is 0 Å². The van der Waals surface area contributed by atoms with Crippen LogP contribution in [-0.4, -0.2) is 78.5 Å². The fourth-order valence-corrected chi connectivity index (χ4v) is 8.67. The molecule has 3 atom stereocenters. The molecule has 3 aliphatic rings. The van der Waals surface area contributed by atoms with Crippen molar-refractivity contribution in [3.63, 3.8) is 0 Å². The number of nitrogens with zero attached hydrogens (tertiary/aromatic N) is 4. The lowest BCUT2D eigenvalue weighted by atomic mass is 9.88. The maximum Gasteiger partial charge on any atom is 0.410 e. The number of benzene rings is 2. The lowest BCUT2D eigenvalue weighted by Gasteiger charge is -2.40. The Kier molecular flexibility index (Phi) is 11.0. The third-order valence-corrected chi connectivity index (χ3v) is 11.2. The average molecular weight is 666 g/mol. The van der Waals surface area contributed by atoms with Crippen LogP contribution in [0, 0.1) is 11.8 Å². The van der Waals surface area contributed by atoms with E-state index in [-0.39, 0.29) is 36.4 Å². The van der Waals surface area contributed by atoms with Crippen molar-refractivity contribution in [2.24, 2.45) is 11.8 Å². The van der Waals surface area contributed by atoms with Gasteiger partial charge in [0.2, 0.25) is 10.0 Å². The van der Waals surface area contributed by atoms with Gasteiger partial charge in [-0.3, -0.25) is 9.13 Å². The van der Waals surface area contributed by atoms with Gasteiger partial charge in [-0.2, -0.15) is 0 Å². The van der Waals surface area contributed by atoms with Crippen LogP contribution in [0.5, 0.6) is 0 Å². The minimum Gasteiger partial charge on any atom is -0.445 e. The van der Waals surface area contributed by atoms with Crippen LogP contribution in [0.25, 0.3) is 11.0 Å². The number of rotatable bonds is 10. The molecular formula is C36H51N5O5S. The van der Waals surface area contributed by atoms with E-state index in [4.69, 9.17) is 4.74 Å². The van der Waals surface area contributed by atoms with Gasteiger partial charge in [-0.15, -0.1) is 0 Å². The minimum atomic E-state index is -3.39. The maximum absolute atomic E-state index is 14.4. The molecule has 0 spiro atoms. The topological polar surface area (TPSA) is 106 Å². The van der Waals surface area contributed by atoms with Crippen molar-refractivity contribution < 1.29 is 17.9 Å². The number of piperidine rings is 1. The molecule has 1 aliphatic carbocycles. The van der Waals surface area contributed by atoms with Gasteiger partial charge >= 0.3 is 11.8 Å². The Morgan fingerprint density at radius 2 is 1.55 bits per heavy atom. The largest absolute Gasteiger partial charge is 0.445 e. The molecule has 1 saturated carbocycles. The zero-order valence-electron chi connectivity index (χ0n) is 27.8. The lowest BCUT2D eigenvalue weighted by Crippen LogP contribution is -2.49. The molecule has 1 aromatic heterocycles. The first-order valence-corrected chi connectivity index (χ1v) is 19.5. The van der Waals surface area contributed by atoms with Gasteiger partial charge in [0.15, 0.2) is 0 Å². The van der Waals surface area contributed by atoms with Crippen LogP contribution in [0.1, 0.15) is 75.8 Å². The fourth-order valence-electron chi connectivity index (χ4n) is 8.16. The van der Waals surface area contributed by atoms with Gasteiger partial charge in [0.05, 0.1) is 23.3 Å². The van der Waals surface area contributed by atoms with Gasteiger partial charge in [-0.05, 0) is 55.7 Å². The summed E-state index contributed by atoms with van der Waals surface area (Å²) < 4.78 is 36.7. The molecule has 0 radical (unpaired) electrons. The number of ether oxygens (including phenoxy) is 1. The smallest absolute Gasteiger partial charge is 0.410 e. The number of sulfonamides is 1. The number of nitrogens with one attached hydrogen (secondary N) is 1. The Bertz CT molecular complexity index is 1650. The number of carbonyl (C=O) groups is 1. The molecule has 3 fully saturated rings. The minimum absolute atomic E-state index is 0.0556. The normalized spacial score (nSPS) is 23.5. The van der Waals surface area contributed by atoms with Gasteiger partial charge in [-0.25, -0.2) is 22.7 Å². The van der Waals surface area contributed by atoms with E-state index in [2.05, 4.69) is 9.62 Å². The van der Waals surface area contributed by atoms with Gasteiger partial charge in [0.1, 0.15) is 6.61 Å². The number of fused-ring (bicyclic) bond motifs is 1. The van der Waals surface area contributed by atoms with Crippen molar-refractivity contribution in [1.29, 1.82) is 0 Å². The third-order valence-electron chi connectivity index (χ3n) is 10.5. The van der Waals surface area contributed by atoms with E-state index in [1.54, 1.807) is 4.90 Å². The van der Waals surface area contributed by atoms with Crippen LogP contribution in [0.4, 0.5) is 4.79 Å². The third kappa shape index (κ3) is 8.48. The summed E-state index contributed by atoms with van der Waals surface area (Å²) in [7, 11) is -3.39. The van der Waals surface area contributed by atoms with Crippen LogP contribution in [0.15, 0.2) is 59.4 Å². The molecule has 0 bridgehead atoms. The van der Waals surface area contributed by atoms with E-state index in [0.717, 1.165) is 55.5 Å². The monoisotopic (exact) mass is 665 g/mol. The summed E-state index contributed by atoms with van der Waals surface area (Å²) in [6, 6.07) is 17.2. The van der Waals surface area contributed by atoms with Crippen molar-refractivity contribution in [3.05, 3.63) is 70.6 Å². The number of hydrogen-bond acceptors (Lipinski definition) is 6. The van der Waals surface area contributed by atoms with Gasteiger partial charge in [0, 0.05) is 51.2 Å². The predicted molar refractivity (Wildman–Crippen MR) is 185 cm³/mol. The van der Waals surface area contributed by atoms with Crippen molar-refractivity contribution in [1.82, 2.24) is 23.7 Å². The number of amides is 1. The Morgan fingerprint density at radius 1 is 0.851 bits per heavy atom. The first-order chi connectivity index (χ1) is 22.8. The highest BCUT2D eigenvalue weighted by atomic mass is 32.2. The molecule has 2 aromatic carbocycles. The highest BCUT2D eigenvalue weighted by Crippen LogP contribution is 2.33. The second-order valence-corrected chi connectivity index (χ2v) is 15.8. The summed E-state index contributed by atoms with van der Waals surface area (Å²) in [5.74, 6) is 0.619. The van der Waals surface area contributed by atoms with Gasteiger partial charge in [0.25, 0.3) is 0 Å². The molecule has 1 amide bonds. The summed E-state index contributed by atoms with van der Waals surface area (Å²) in [5, 5.41) is 0. The van der Waals surface area contributed by atoms with Crippen LogP contribution in [-0.2, 0) is 27.9 Å². The van der Waals surface area contributed by atoms with Crippen LogP contribution < -0.4 is 10.4 Å². The molecule has 0 unspecified atom stereocenters. The van der Waals surface area contributed by atoms with Crippen molar-refractivity contribution in [3.8, 4) is 0 Å². The van der Waals surface area contributed by atoms with Gasteiger partial charge < -0.3 is 14.5 Å². The van der Waals surface area contributed by atoms with Gasteiger partial charge in [-0.1, -0.05) is 74.6 Å². The lowest BCUT2D eigenvalue weighted by molar-refractivity contribution is 0.0891. The second-order valence-electron chi connectivity index (χ2n) is 14.0. The van der Waals surface area contributed by atoms with E-state index >= 15 is 0 Å². The molecule has 1 N–H and O–H groups in total. The van der Waals surface area contributed by atoms with E-state index < -0.39 is 10.0 Å². The summed E-state index contributed by atoms with van der Waals surface area (Å²) in [6.07, 6.45) is 12.4. The highest BCUT2D eigenvalue weighted by molar-refractivity contribution is 7.88. The van der Waals surface area contributed by atoms with E-state index in [1.165, 1.54) is 51.2 Å². The first-order valence-electron chi connectivity index (χ1n) is 17.6. The molecule has 6 rings (SSSR count). The number of imidazole rings is 1. The average Bonchev–Trinajstić information content (AvgIpc) is 3.63. The first kappa shape index (κ1) is 33.7. The molecule has 11 heteroatoms. The molecule has 2 aliphatic heterocycles. The van der Waals surface area contributed by atoms with Crippen molar-refractivity contribution >= 4 is 27.1 Å². The zero-order valence-corrected chi connectivity index (χ0v) is 28.6. The van der Waals surface area contributed by atoms with E-state index in [0.29, 0.717) is 25.6 Å². The fraction of sp³-hybridized carbons (Fsp3) is 0.611. The molecular weight excluding hydrogens is 614 g/mol. The number of likely N-dealkylation sites (tertiary alicyclic amines) is 2. The molecule has 10 nitrogen and oxygen atoms in total. The second kappa shape index (κ2) is 15.4. The van der Waals surface area contributed by atoms with Crippen molar-refractivity contribution in [2.75, 3.05) is 39.0 Å². The highest BCUT2D eigenvalue weighted by Gasteiger charge is 2.36. The maximum atomic E-state index is 14.4. The van der Waals surface area contributed by atoms with Crippen molar-refractivity contribution in [2.45, 2.75) is 89.4 Å². The van der Waals surface area contributed by atoms with E-state index in [9.17, 15) is 18.0 Å². The molecule has 256 valence electrons. The molecule has 2 saturated heterocycles. The number of para-hydroxylation sites is 2. The summed E-state index contributed by atoms with van der Waals surface area (Å²) in [6.45, 7) is 4.16. The zero-order chi connectivity index (χ0) is 32.8. The predicted octanol–water partition coefficient (Wildman–Crippen LogP) is 5.38. The number of hydrogen-bond donors (Lipinski definition) is 1.